The number of amides is 1. The van der Waals surface area contributed by atoms with E-state index in [9.17, 15) is 13.2 Å². The van der Waals surface area contributed by atoms with E-state index >= 15 is 0 Å². The van der Waals surface area contributed by atoms with E-state index < -0.39 is 10.0 Å². The van der Waals surface area contributed by atoms with Crippen LogP contribution in [0, 0.1) is 0 Å². The SMILES string of the molecule is COc1ccc(OCc2csc(C(=O)N3CCN(S(=O)(=O)c4ccccc4)CC3)c2)cc1. The number of ether oxygens (including phenoxy) is 2. The summed E-state index contributed by atoms with van der Waals surface area (Å²) in [5.74, 6) is 1.40. The first kappa shape index (κ1) is 22.3. The molecule has 0 saturated carbocycles. The zero-order valence-corrected chi connectivity index (χ0v) is 19.3. The molecular formula is C23H24N2O5S2. The Morgan fingerprint density at radius 2 is 1.62 bits per heavy atom. The third-order valence-electron chi connectivity index (χ3n) is 5.24. The molecule has 7 nitrogen and oxygen atoms in total. The van der Waals surface area contributed by atoms with Crippen molar-refractivity contribution in [2.75, 3.05) is 33.3 Å². The maximum Gasteiger partial charge on any atom is 0.264 e. The lowest BCUT2D eigenvalue weighted by molar-refractivity contribution is 0.0702. The molecule has 3 aromatic rings. The molecule has 1 saturated heterocycles. The number of carbonyl (C=O) groups excluding carboxylic acids is 1. The van der Waals surface area contributed by atoms with E-state index in [2.05, 4.69) is 0 Å². The Morgan fingerprint density at radius 3 is 2.28 bits per heavy atom. The summed E-state index contributed by atoms with van der Waals surface area (Å²) in [5, 5.41) is 1.91. The fourth-order valence-corrected chi connectivity index (χ4v) is 5.74. The summed E-state index contributed by atoms with van der Waals surface area (Å²) in [6, 6.07) is 17.5. The highest BCUT2D eigenvalue weighted by Crippen LogP contribution is 2.23. The molecule has 1 aliphatic rings. The van der Waals surface area contributed by atoms with Gasteiger partial charge in [-0.3, -0.25) is 4.79 Å². The summed E-state index contributed by atoms with van der Waals surface area (Å²) in [7, 11) is -1.92. The van der Waals surface area contributed by atoms with Gasteiger partial charge in [0.25, 0.3) is 5.91 Å². The third-order valence-corrected chi connectivity index (χ3v) is 8.12. The molecule has 0 bridgehead atoms. The minimum absolute atomic E-state index is 0.0811. The molecule has 1 amide bonds. The highest BCUT2D eigenvalue weighted by molar-refractivity contribution is 7.89. The number of methoxy groups -OCH3 is 1. The predicted octanol–water partition coefficient (Wildman–Crippen LogP) is 3.48. The van der Waals surface area contributed by atoms with Gasteiger partial charge in [0.05, 0.1) is 16.9 Å². The van der Waals surface area contributed by atoms with Crippen LogP contribution in [0.1, 0.15) is 15.2 Å². The molecule has 9 heteroatoms. The van der Waals surface area contributed by atoms with Crippen LogP contribution in [-0.2, 0) is 16.6 Å². The maximum absolute atomic E-state index is 12.9. The molecule has 2 heterocycles. The molecule has 168 valence electrons. The average Bonchev–Trinajstić information content (AvgIpc) is 3.32. The van der Waals surface area contributed by atoms with Crippen molar-refractivity contribution in [1.82, 2.24) is 9.21 Å². The summed E-state index contributed by atoms with van der Waals surface area (Å²) in [6.07, 6.45) is 0. The summed E-state index contributed by atoms with van der Waals surface area (Å²) < 4.78 is 37.9. The number of sulfonamides is 1. The molecule has 0 spiro atoms. The van der Waals surface area contributed by atoms with Gasteiger partial charge in [-0.1, -0.05) is 18.2 Å². The van der Waals surface area contributed by atoms with E-state index in [0.29, 0.717) is 24.6 Å². The van der Waals surface area contributed by atoms with Crippen molar-refractivity contribution >= 4 is 27.3 Å². The molecule has 0 unspecified atom stereocenters. The lowest BCUT2D eigenvalue weighted by Gasteiger charge is -2.33. The fraction of sp³-hybridized carbons (Fsp3) is 0.261. The van der Waals surface area contributed by atoms with Crippen LogP contribution in [0.25, 0.3) is 0 Å². The Morgan fingerprint density at radius 1 is 0.969 bits per heavy atom. The Kier molecular flexibility index (Phi) is 6.78. The van der Waals surface area contributed by atoms with Crippen molar-refractivity contribution < 1.29 is 22.7 Å². The van der Waals surface area contributed by atoms with Crippen LogP contribution in [0.3, 0.4) is 0 Å². The second-order valence-electron chi connectivity index (χ2n) is 7.29. The monoisotopic (exact) mass is 472 g/mol. The van der Waals surface area contributed by atoms with Gasteiger partial charge in [0.1, 0.15) is 18.1 Å². The highest BCUT2D eigenvalue weighted by atomic mass is 32.2. The number of benzene rings is 2. The number of thiophene rings is 1. The van der Waals surface area contributed by atoms with Gasteiger partial charge in [0.15, 0.2) is 0 Å². The van der Waals surface area contributed by atoms with Gasteiger partial charge < -0.3 is 14.4 Å². The summed E-state index contributed by atoms with van der Waals surface area (Å²) >= 11 is 1.37. The van der Waals surface area contributed by atoms with Crippen LogP contribution >= 0.6 is 11.3 Å². The molecule has 0 N–H and O–H groups in total. The number of piperazine rings is 1. The second-order valence-corrected chi connectivity index (χ2v) is 10.1. The second kappa shape index (κ2) is 9.72. The molecule has 1 fully saturated rings. The van der Waals surface area contributed by atoms with E-state index in [1.54, 1.807) is 42.3 Å². The minimum atomic E-state index is -3.54. The molecular weight excluding hydrogens is 448 g/mol. The quantitative estimate of drug-likeness (QED) is 0.526. The lowest BCUT2D eigenvalue weighted by atomic mass is 10.3. The molecule has 32 heavy (non-hydrogen) atoms. The van der Waals surface area contributed by atoms with Crippen molar-refractivity contribution in [2.45, 2.75) is 11.5 Å². The zero-order chi connectivity index (χ0) is 22.6. The average molecular weight is 473 g/mol. The van der Waals surface area contributed by atoms with Gasteiger partial charge >= 0.3 is 0 Å². The van der Waals surface area contributed by atoms with Gasteiger partial charge in [-0.15, -0.1) is 11.3 Å². The number of hydrogen-bond acceptors (Lipinski definition) is 6. The van der Waals surface area contributed by atoms with Crippen LogP contribution in [-0.4, -0.2) is 56.8 Å². The predicted molar refractivity (Wildman–Crippen MR) is 123 cm³/mol. The molecule has 4 rings (SSSR count). The van der Waals surface area contributed by atoms with Crippen LogP contribution in [0.2, 0.25) is 0 Å². The van der Waals surface area contributed by atoms with E-state index in [1.807, 2.05) is 35.7 Å². The van der Waals surface area contributed by atoms with Crippen LogP contribution in [0.4, 0.5) is 0 Å². The fourth-order valence-electron chi connectivity index (χ4n) is 3.43. The Balaban J connectivity index is 1.32. The molecule has 0 aliphatic carbocycles. The lowest BCUT2D eigenvalue weighted by Crippen LogP contribution is -2.50. The maximum atomic E-state index is 12.9. The van der Waals surface area contributed by atoms with E-state index in [-0.39, 0.29) is 23.9 Å². The molecule has 1 aromatic heterocycles. The van der Waals surface area contributed by atoms with Crippen molar-refractivity contribution in [2.24, 2.45) is 0 Å². The number of rotatable bonds is 7. The summed E-state index contributed by atoms with van der Waals surface area (Å²) in [5.41, 5.74) is 0.916. The molecule has 2 aromatic carbocycles. The molecule has 0 atom stereocenters. The van der Waals surface area contributed by atoms with Crippen LogP contribution < -0.4 is 9.47 Å². The first-order valence-corrected chi connectivity index (χ1v) is 12.5. The smallest absolute Gasteiger partial charge is 0.264 e. The third kappa shape index (κ3) is 4.95. The van der Waals surface area contributed by atoms with E-state index in [4.69, 9.17) is 9.47 Å². The standard InChI is InChI=1S/C23H24N2O5S2/c1-29-19-7-9-20(10-8-19)30-16-18-15-22(31-17-18)23(26)24-11-13-25(14-12-24)32(27,28)21-5-3-2-4-6-21/h2-10,15,17H,11-14,16H2,1H3. The number of hydrogen-bond donors (Lipinski definition) is 0. The Hall–Kier alpha value is -2.88. The summed E-state index contributed by atoms with van der Waals surface area (Å²) in [6.45, 7) is 1.64. The van der Waals surface area contributed by atoms with E-state index in [1.165, 1.54) is 15.6 Å². The summed E-state index contributed by atoms with van der Waals surface area (Å²) in [4.78, 5) is 15.5. The molecule has 0 radical (unpaired) electrons. The Bertz CT molecular complexity index is 1150. The zero-order valence-electron chi connectivity index (χ0n) is 17.6. The van der Waals surface area contributed by atoms with Crippen molar-refractivity contribution in [3.05, 3.63) is 76.5 Å². The van der Waals surface area contributed by atoms with Crippen LogP contribution in [0.15, 0.2) is 70.9 Å². The number of nitrogens with zero attached hydrogens (tertiary/aromatic N) is 2. The van der Waals surface area contributed by atoms with Crippen molar-refractivity contribution in [3.8, 4) is 11.5 Å². The minimum Gasteiger partial charge on any atom is -0.497 e. The Labute approximate surface area is 191 Å². The van der Waals surface area contributed by atoms with Gasteiger partial charge in [0, 0.05) is 31.7 Å². The van der Waals surface area contributed by atoms with Gasteiger partial charge in [-0.2, -0.15) is 4.31 Å². The van der Waals surface area contributed by atoms with Crippen molar-refractivity contribution in [3.63, 3.8) is 0 Å². The van der Waals surface area contributed by atoms with Crippen LogP contribution in [0.5, 0.6) is 11.5 Å². The van der Waals surface area contributed by atoms with E-state index in [0.717, 1.165) is 17.1 Å². The molecule has 1 aliphatic heterocycles. The van der Waals surface area contributed by atoms with Gasteiger partial charge in [0.2, 0.25) is 10.0 Å². The first-order valence-electron chi connectivity index (χ1n) is 10.2. The normalized spacial score (nSPS) is 14.8. The van der Waals surface area contributed by atoms with Gasteiger partial charge in [-0.05, 0) is 47.8 Å². The van der Waals surface area contributed by atoms with Crippen molar-refractivity contribution in [1.29, 1.82) is 0 Å². The topological polar surface area (TPSA) is 76.2 Å². The first-order chi connectivity index (χ1) is 15.5. The largest absolute Gasteiger partial charge is 0.497 e. The highest BCUT2D eigenvalue weighted by Gasteiger charge is 2.30. The van der Waals surface area contributed by atoms with Gasteiger partial charge in [-0.25, -0.2) is 8.42 Å². The number of carbonyl (C=O) groups is 1.